The number of aromatic nitrogens is 2. The van der Waals surface area contributed by atoms with Crippen molar-refractivity contribution in [3.63, 3.8) is 0 Å². The molecule has 1 aromatic heterocycles. The summed E-state index contributed by atoms with van der Waals surface area (Å²) in [5.74, 6) is 2.10. The number of halogens is 1. The fourth-order valence-electron chi connectivity index (χ4n) is 2.39. The van der Waals surface area contributed by atoms with E-state index in [1.165, 1.54) is 0 Å². The van der Waals surface area contributed by atoms with Gasteiger partial charge in [-0.25, -0.2) is 9.97 Å². The van der Waals surface area contributed by atoms with Gasteiger partial charge in [-0.1, -0.05) is 11.6 Å². The smallest absolute Gasteiger partial charge is 0.171 e. The van der Waals surface area contributed by atoms with E-state index in [1.54, 1.807) is 12.4 Å². The van der Waals surface area contributed by atoms with Crippen LogP contribution in [0.5, 0.6) is 0 Å². The largest absolute Gasteiger partial charge is 0.381 e. The summed E-state index contributed by atoms with van der Waals surface area (Å²) in [6.45, 7) is 3.73. The van der Waals surface area contributed by atoms with Crippen molar-refractivity contribution in [3.05, 3.63) is 17.5 Å². The minimum atomic E-state index is 0.499. The number of fused-ring (bicyclic) bond motifs is 1. The Morgan fingerprint density at radius 3 is 2.53 bits per heavy atom. The molecule has 0 amide bonds. The molecule has 1 aromatic rings. The quantitative estimate of drug-likeness (QED) is 0.720. The van der Waals surface area contributed by atoms with Crippen LogP contribution in [0.25, 0.3) is 0 Å². The number of hydrogen-bond donors (Lipinski definition) is 0. The molecule has 0 saturated carbocycles. The van der Waals surface area contributed by atoms with Gasteiger partial charge in [-0.15, -0.1) is 0 Å². The summed E-state index contributed by atoms with van der Waals surface area (Å²) in [5.41, 5.74) is 0. The van der Waals surface area contributed by atoms with Crippen LogP contribution < -0.4 is 4.90 Å². The molecule has 2 fully saturated rings. The second kappa shape index (κ2) is 3.61. The van der Waals surface area contributed by atoms with Gasteiger partial charge in [-0.2, -0.15) is 0 Å². The SMILES string of the molecule is Clc1nccnc1N1C[C@H]2COC[C@@H]2C1. The van der Waals surface area contributed by atoms with E-state index in [2.05, 4.69) is 14.9 Å². The highest BCUT2D eigenvalue weighted by Crippen LogP contribution is 2.33. The standard InChI is InChI=1S/C10H12ClN3O/c11-9-10(13-2-1-12-9)14-3-7-5-15-6-8(7)4-14/h1-2,7-8H,3-6H2/t7-,8-/m0/s1. The molecule has 0 aromatic carbocycles. The molecule has 3 rings (SSSR count). The highest BCUT2D eigenvalue weighted by atomic mass is 35.5. The van der Waals surface area contributed by atoms with Gasteiger partial charge < -0.3 is 9.64 Å². The summed E-state index contributed by atoms with van der Waals surface area (Å²) < 4.78 is 5.43. The first-order chi connectivity index (χ1) is 7.34. The molecule has 80 valence electrons. The molecular weight excluding hydrogens is 214 g/mol. The topological polar surface area (TPSA) is 38.2 Å². The van der Waals surface area contributed by atoms with Crippen LogP contribution in [0.15, 0.2) is 12.4 Å². The van der Waals surface area contributed by atoms with E-state index in [0.717, 1.165) is 32.1 Å². The summed E-state index contributed by atoms with van der Waals surface area (Å²) in [7, 11) is 0. The van der Waals surface area contributed by atoms with Crippen molar-refractivity contribution in [1.82, 2.24) is 9.97 Å². The third-order valence-corrected chi connectivity index (χ3v) is 3.44. The number of ether oxygens (including phenoxy) is 1. The predicted octanol–water partition coefficient (Wildman–Crippen LogP) is 1.21. The maximum Gasteiger partial charge on any atom is 0.171 e. The van der Waals surface area contributed by atoms with Gasteiger partial charge in [0.15, 0.2) is 11.0 Å². The molecule has 3 heterocycles. The number of nitrogens with zero attached hydrogens (tertiary/aromatic N) is 3. The van der Waals surface area contributed by atoms with Gasteiger partial charge in [0, 0.05) is 37.3 Å². The lowest BCUT2D eigenvalue weighted by Crippen LogP contribution is -2.23. The molecule has 0 bridgehead atoms. The van der Waals surface area contributed by atoms with Crippen LogP contribution in [0.1, 0.15) is 0 Å². The minimum Gasteiger partial charge on any atom is -0.381 e. The van der Waals surface area contributed by atoms with Crippen LogP contribution in [0.4, 0.5) is 5.82 Å². The lowest BCUT2D eigenvalue weighted by Gasteiger charge is -2.18. The average Bonchev–Trinajstić information content (AvgIpc) is 2.77. The van der Waals surface area contributed by atoms with Crippen molar-refractivity contribution in [2.45, 2.75) is 0 Å². The van der Waals surface area contributed by atoms with Gasteiger partial charge in [-0.3, -0.25) is 0 Å². The van der Waals surface area contributed by atoms with E-state index in [1.807, 2.05) is 0 Å². The fourth-order valence-corrected chi connectivity index (χ4v) is 2.61. The summed E-state index contributed by atoms with van der Waals surface area (Å²) in [6.07, 6.45) is 3.30. The third kappa shape index (κ3) is 1.58. The van der Waals surface area contributed by atoms with Crippen molar-refractivity contribution >= 4 is 17.4 Å². The van der Waals surface area contributed by atoms with E-state index in [9.17, 15) is 0 Å². The predicted molar refractivity (Wildman–Crippen MR) is 57.1 cm³/mol. The van der Waals surface area contributed by atoms with Crippen LogP contribution in [0, 0.1) is 11.8 Å². The molecule has 5 heteroatoms. The van der Waals surface area contributed by atoms with Gasteiger partial charge in [0.05, 0.1) is 13.2 Å². The lowest BCUT2D eigenvalue weighted by atomic mass is 10.0. The van der Waals surface area contributed by atoms with E-state index < -0.39 is 0 Å². The highest BCUT2D eigenvalue weighted by molar-refractivity contribution is 6.31. The van der Waals surface area contributed by atoms with E-state index in [4.69, 9.17) is 16.3 Å². The van der Waals surface area contributed by atoms with Gasteiger partial charge in [-0.05, 0) is 0 Å². The van der Waals surface area contributed by atoms with Gasteiger partial charge in [0.25, 0.3) is 0 Å². The van der Waals surface area contributed by atoms with Gasteiger partial charge in [0.1, 0.15) is 0 Å². The molecule has 0 unspecified atom stereocenters. The number of anilines is 1. The molecule has 2 aliphatic heterocycles. The van der Waals surface area contributed by atoms with Gasteiger partial charge in [0.2, 0.25) is 0 Å². The van der Waals surface area contributed by atoms with Crippen molar-refractivity contribution in [2.24, 2.45) is 11.8 Å². The Labute approximate surface area is 93.2 Å². The molecular formula is C10H12ClN3O. The molecule has 2 aliphatic rings. The average molecular weight is 226 g/mol. The highest BCUT2D eigenvalue weighted by Gasteiger charge is 2.38. The molecule has 2 atom stereocenters. The zero-order chi connectivity index (χ0) is 10.3. The Morgan fingerprint density at radius 1 is 1.20 bits per heavy atom. The number of hydrogen-bond acceptors (Lipinski definition) is 4. The Kier molecular flexibility index (Phi) is 2.25. The Morgan fingerprint density at radius 2 is 1.87 bits per heavy atom. The van der Waals surface area contributed by atoms with Crippen LogP contribution >= 0.6 is 11.6 Å². The normalized spacial score (nSPS) is 29.5. The third-order valence-electron chi connectivity index (χ3n) is 3.18. The second-order valence-electron chi connectivity index (χ2n) is 4.13. The lowest BCUT2D eigenvalue weighted by molar-refractivity contribution is 0.177. The van der Waals surface area contributed by atoms with Crippen molar-refractivity contribution in [3.8, 4) is 0 Å². The molecule has 0 radical (unpaired) electrons. The second-order valence-corrected chi connectivity index (χ2v) is 4.49. The van der Waals surface area contributed by atoms with Crippen molar-refractivity contribution in [1.29, 1.82) is 0 Å². The molecule has 2 saturated heterocycles. The summed E-state index contributed by atoms with van der Waals surface area (Å²) in [6, 6.07) is 0. The summed E-state index contributed by atoms with van der Waals surface area (Å²) in [4.78, 5) is 10.5. The fraction of sp³-hybridized carbons (Fsp3) is 0.600. The Balaban J connectivity index is 1.82. The molecule has 15 heavy (non-hydrogen) atoms. The Bertz CT molecular complexity index is 361. The summed E-state index contributed by atoms with van der Waals surface area (Å²) >= 11 is 6.01. The summed E-state index contributed by atoms with van der Waals surface area (Å²) in [5, 5.41) is 0.499. The van der Waals surface area contributed by atoms with E-state index in [-0.39, 0.29) is 0 Å². The Hall–Kier alpha value is -0.870. The van der Waals surface area contributed by atoms with Crippen LogP contribution in [-0.4, -0.2) is 36.3 Å². The van der Waals surface area contributed by atoms with E-state index >= 15 is 0 Å². The zero-order valence-corrected chi connectivity index (χ0v) is 9.02. The molecule has 0 spiro atoms. The van der Waals surface area contributed by atoms with Gasteiger partial charge >= 0.3 is 0 Å². The van der Waals surface area contributed by atoms with Crippen LogP contribution in [0.2, 0.25) is 5.15 Å². The molecule has 0 N–H and O–H groups in total. The molecule has 4 nitrogen and oxygen atoms in total. The van der Waals surface area contributed by atoms with E-state index in [0.29, 0.717) is 17.0 Å². The first-order valence-corrected chi connectivity index (χ1v) is 5.51. The molecule has 0 aliphatic carbocycles. The number of rotatable bonds is 1. The zero-order valence-electron chi connectivity index (χ0n) is 8.27. The maximum absolute atomic E-state index is 6.01. The first-order valence-electron chi connectivity index (χ1n) is 5.14. The van der Waals surface area contributed by atoms with Crippen molar-refractivity contribution in [2.75, 3.05) is 31.2 Å². The maximum atomic E-state index is 6.01. The minimum absolute atomic E-state index is 0.499. The first kappa shape index (κ1) is 9.36. The van der Waals surface area contributed by atoms with Crippen molar-refractivity contribution < 1.29 is 4.74 Å². The van der Waals surface area contributed by atoms with Crippen LogP contribution in [-0.2, 0) is 4.74 Å². The van der Waals surface area contributed by atoms with Crippen LogP contribution in [0.3, 0.4) is 0 Å². The monoisotopic (exact) mass is 225 g/mol.